The molecule has 1 aromatic rings. The average molecular weight is 329 g/mol. The second-order valence-corrected chi connectivity index (χ2v) is 7.12. The maximum Gasteiger partial charge on any atom is 0.305 e. The van der Waals surface area contributed by atoms with Crippen LogP contribution < -0.4 is 5.32 Å². The minimum absolute atomic E-state index is 0.123. The molecule has 0 radical (unpaired) electrons. The standard InChI is InChI=1S/C20H27NO3/c1-13-10-15-14(2)12-20(3,4)21-19(15)16(11-13)17(22)8-6-7-9-18(23)24-5/h10-12,21H,6-9H2,1-5H3. The van der Waals surface area contributed by atoms with Crippen LogP contribution in [0.1, 0.15) is 67.9 Å². The Bertz CT molecular complexity index is 686. The maximum atomic E-state index is 12.7. The summed E-state index contributed by atoms with van der Waals surface area (Å²) in [5.41, 5.74) is 4.89. The summed E-state index contributed by atoms with van der Waals surface area (Å²) in [5.74, 6) is -0.0997. The van der Waals surface area contributed by atoms with Crippen LogP contribution >= 0.6 is 0 Å². The first-order valence-electron chi connectivity index (χ1n) is 8.46. The molecule has 0 bridgehead atoms. The molecule has 0 amide bonds. The molecule has 0 unspecified atom stereocenters. The van der Waals surface area contributed by atoms with Crippen molar-refractivity contribution in [2.75, 3.05) is 12.4 Å². The topological polar surface area (TPSA) is 55.4 Å². The van der Waals surface area contributed by atoms with Crippen LogP contribution in [0.25, 0.3) is 5.57 Å². The molecule has 2 rings (SSSR count). The zero-order valence-corrected chi connectivity index (χ0v) is 15.3. The summed E-state index contributed by atoms with van der Waals surface area (Å²) >= 11 is 0. The van der Waals surface area contributed by atoms with Crippen molar-refractivity contribution in [3.63, 3.8) is 0 Å². The minimum Gasteiger partial charge on any atom is -0.469 e. The number of nitrogens with one attached hydrogen (secondary N) is 1. The number of Topliss-reactive ketones (excluding diaryl/α,β-unsaturated/α-hetero) is 1. The first kappa shape index (κ1) is 18.2. The summed E-state index contributed by atoms with van der Waals surface area (Å²) in [7, 11) is 1.38. The number of benzene rings is 1. The molecule has 0 aromatic heterocycles. The predicted octanol–water partition coefficient (Wildman–Crippen LogP) is 4.52. The number of hydrogen-bond donors (Lipinski definition) is 1. The Hall–Kier alpha value is -2.10. The Morgan fingerprint density at radius 2 is 1.79 bits per heavy atom. The molecule has 0 atom stereocenters. The van der Waals surface area contributed by atoms with Crippen LogP contribution in [0.15, 0.2) is 18.2 Å². The quantitative estimate of drug-likeness (QED) is 0.474. The van der Waals surface area contributed by atoms with Gasteiger partial charge in [-0.05, 0) is 63.8 Å². The van der Waals surface area contributed by atoms with Crippen molar-refractivity contribution in [2.24, 2.45) is 0 Å². The molecule has 1 aliphatic rings. The van der Waals surface area contributed by atoms with E-state index in [1.165, 1.54) is 12.7 Å². The molecule has 0 spiro atoms. The van der Waals surface area contributed by atoms with Crippen molar-refractivity contribution in [1.29, 1.82) is 0 Å². The number of fused-ring (bicyclic) bond motifs is 1. The summed E-state index contributed by atoms with van der Waals surface area (Å²) < 4.78 is 4.63. The van der Waals surface area contributed by atoms with Crippen LogP contribution in [0.2, 0.25) is 0 Å². The Morgan fingerprint density at radius 3 is 2.46 bits per heavy atom. The number of unbranched alkanes of at least 4 members (excludes halogenated alkanes) is 1. The molecule has 4 heteroatoms. The number of anilines is 1. The molecule has 0 saturated carbocycles. The normalized spacial score (nSPS) is 15.1. The fourth-order valence-corrected chi connectivity index (χ4v) is 3.22. The minimum atomic E-state index is -0.223. The summed E-state index contributed by atoms with van der Waals surface area (Å²) in [4.78, 5) is 23.9. The lowest BCUT2D eigenvalue weighted by atomic mass is 9.87. The second kappa shape index (κ2) is 7.20. The van der Waals surface area contributed by atoms with Crippen molar-refractivity contribution in [3.05, 3.63) is 34.9 Å². The number of esters is 1. The molecule has 1 N–H and O–H groups in total. The molecule has 1 heterocycles. The van der Waals surface area contributed by atoms with Gasteiger partial charge in [-0.2, -0.15) is 0 Å². The van der Waals surface area contributed by atoms with E-state index in [-0.39, 0.29) is 17.3 Å². The average Bonchev–Trinajstić information content (AvgIpc) is 2.50. The van der Waals surface area contributed by atoms with Crippen LogP contribution in [-0.4, -0.2) is 24.4 Å². The van der Waals surface area contributed by atoms with E-state index in [2.05, 4.69) is 43.0 Å². The Kier molecular flexibility index (Phi) is 5.47. The largest absolute Gasteiger partial charge is 0.469 e. The summed E-state index contributed by atoms with van der Waals surface area (Å²) in [5, 5.41) is 3.49. The second-order valence-electron chi connectivity index (χ2n) is 7.12. The third-order valence-corrected chi connectivity index (χ3v) is 4.29. The van der Waals surface area contributed by atoms with Crippen LogP contribution in [0.5, 0.6) is 0 Å². The van der Waals surface area contributed by atoms with Gasteiger partial charge in [0, 0.05) is 24.0 Å². The van der Waals surface area contributed by atoms with Crippen molar-refractivity contribution in [1.82, 2.24) is 0 Å². The Labute approximate surface area is 144 Å². The van der Waals surface area contributed by atoms with Crippen molar-refractivity contribution < 1.29 is 14.3 Å². The third-order valence-electron chi connectivity index (χ3n) is 4.29. The van der Waals surface area contributed by atoms with Gasteiger partial charge in [-0.1, -0.05) is 6.08 Å². The van der Waals surface area contributed by atoms with E-state index < -0.39 is 0 Å². The lowest BCUT2D eigenvalue weighted by molar-refractivity contribution is -0.140. The first-order chi connectivity index (χ1) is 11.2. The molecule has 1 aromatic carbocycles. The van der Waals surface area contributed by atoms with E-state index in [0.717, 1.165) is 22.4 Å². The van der Waals surface area contributed by atoms with Crippen LogP contribution in [0, 0.1) is 6.92 Å². The molecule has 0 saturated heterocycles. The molecule has 0 fully saturated rings. The zero-order chi connectivity index (χ0) is 17.9. The van der Waals surface area contributed by atoms with E-state index in [1.807, 2.05) is 13.0 Å². The molecule has 130 valence electrons. The van der Waals surface area contributed by atoms with Gasteiger partial charge in [-0.15, -0.1) is 0 Å². The Morgan fingerprint density at radius 1 is 1.12 bits per heavy atom. The molecule has 1 aliphatic heterocycles. The SMILES string of the molecule is COC(=O)CCCCC(=O)c1cc(C)cc2c1NC(C)(C)C=C2C. The van der Waals surface area contributed by atoms with Crippen molar-refractivity contribution >= 4 is 23.0 Å². The number of methoxy groups -OCH3 is 1. The number of carbonyl (C=O) groups is 2. The maximum absolute atomic E-state index is 12.7. The number of allylic oxidation sites excluding steroid dienone is 1. The summed E-state index contributed by atoms with van der Waals surface area (Å²) in [6.45, 7) is 8.31. The number of rotatable bonds is 6. The highest BCUT2D eigenvalue weighted by molar-refractivity contribution is 6.04. The van der Waals surface area contributed by atoms with Gasteiger partial charge in [-0.25, -0.2) is 0 Å². The van der Waals surface area contributed by atoms with Crippen LogP contribution in [-0.2, 0) is 9.53 Å². The summed E-state index contributed by atoms with van der Waals surface area (Å²) in [6.07, 6.45) is 4.36. The third kappa shape index (κ3) is 4.25. The van der Waals surface area contributed by atoms with Gasteiger partial charge >= 0.3 is 5.97 Å². The van der Waals surface area contributed by atoms with Crippen LogP contribution in [0.4, 0.5) is 5.69 Å². The predicted molar refractivity (Wildman–Crippen MR) is 97.3 cm³/mol. The zero-order valence-electron chi connectivity index (χ0n) is 15.3. The van der Waals surface area contributed by atoms with E-state index in [4.69, 9.17) is 0 Å². The molecule has 24 heavy (non-hydrogen) atoms. The van der Waals surface area contributed by atoms with Gasteiger partial charge in [0.1, 0.15) is 0 Å². The smallest absolute Gasteiger partial charge is 0.305 e. The highest BCUT2D eigenvalue weighted by Crippen LogP contribution is 2.37. The van der Waals surface area contributed by atoms with Gasteiger partial charge in [0.25, 0.3) is 0 Å². The van der Waals surface area contributed by atoms with E-state index in [9.17, 15) is 9.59 Å². The fourth-order valence-electron chi connectivity index (χ4n) is 3.22. The van der Waals surface area contributed by atoms with E-state index in [1.54, 1.807) is 0 Å². The number of carbonyl (C=O) groups excluding carboxylic acids is 2. The fraction of sp³-hybridized carbons (Fsp3) is 0.500. The molecule has 4 nitrogen and oxygen atoms in total. The number of aryl methyl sites for hydroxylation is 1. The van der Waals surface area contributed by atoms with Gasteiger partial charge in [0.05, 0.1) is 18.3 Å². The van der Waals surface area contributed by atoms with Gasteiger partial charge in [-0.3, -0.25) is 9.59 Å². The monoisotopic (exact) mass is 329 g/mol. The van der Waals surface area contributed by atoms with Crippen molar-refractivity contribution in [2.45, 2.75) is 58.9 Å². The molecular formula is C20H27NO3. The van der Waals surface area contributed by atoms with Crippen LogP contribution in [0.3, 0.4) is 0 Å². The van der Waals surface area contributed by atoms with Gasteiger partial charge in [0.15, 0.2) is 5.78 Å². The number of ether oxygens (including phenoxy) is 1. The highest BCUT2D eigenvalue weighted by atomic mass is 16.5. The number of ketones is 1. The highest BCUT2D eigenvalue weighted by Gasteiger charge is 2.26. The van der Waals surface area contributed by atoms with E-state index >= 15 is 0 Å². The first-order valence-corrected chi connectivity index (χ1v) is 8.46. The van der Waals surface area contributed by atoms with Gasteiger partial charge < -0.3 is 10.1 Å². The van der Waals surface area contributed by atoms with Crippen molar-refractivity contribution in [3.8, 4) is 0 Å². The Balaban J connectivity index is 2.18. The lowest BCUT2D eigenvalue weighted by Gasteiger charge is -2.33. The van der Waals surface area contributed by atoms with Gasteiger partial charge in [0.2, 0.25) is 0 Å². The van der Waals surface area contributed by atoms with E-state index in [0.29, 0.717) is 25.7 Å². The molecule has 0 aliphatic carbocycles. The lowest BCUT2D eigenvalue weighted by Crippen LogP contribution is -2.32. The summed E-state index contributed by atoms with van der Waals surface area (Å²) in [6, 6.07) is 4.08. The number of hydrogen-bond acceptors (Lipinski definition) is 4. The molecular weight excluding hydrogens is 302 g/mol.